The van der Waals surface area contributed by atoms with Crippen molar-refractivity contribution in [3.8, 4) is 0 Å². The van der Waals surface area contributed by atoms with Crippen molar-refractivity contribution in [3.63, 3.8) is 0 Å². The highest BCUT2D eigenvalue weighted by Crippen LogP contribution is 2.14. The topological polar surface area (TPSA) is 50.4 Å². The number of ether oxygens (including phenoxy) is 1. The summed E-state index contributed by atoms with van der Waals surface area (Å²) >= 11 is 5.81. The minimum absolute atomic E-state index is 0. The molecule has 0 aromatic heterocycles. The maximum Gasteiger partial charge on any atom is 0.238 e. The molecule has 0 fully saturated rings. The van der Waals surface area contributed by atoms with Gasteiger partial charge in [0.15, 0.2) is 0 Å². The quantitative estimate of drug-likeness (QED) is 0.759. The lowest BCUT2D eigenvalue weighted by Crippen LogP contribution is -2.29. The van der Waals surface area contributed by atoms with E-state index in [4.69, 9.17) is 16.3 Å². The van der Waals surface area contributed by atoms with Crippen LogP contribution in [-0.2, 0) is 9.53 Å². The van der Waals surface area contributed by atoms with Crippen LogP contribution in [0.4, 0.5) is 5.69 Å². The molecule has 0 spiro atoms. The molecule has 2 N–H and O–H groups in total. The summed E-state index contributed by atoms with van der Waals surface area (Å²) in [6.07, 6.45) is 0.890. The van der Waals surface area contributed by atoms with Crippen molar-refractivity contribution < 1.29 is 9.53 Å². The number of methoxy groups -OCH3 is 1. The number of benzene rings is 1. The molecule has 0 heterocycles. The standard InChI is InChI=1S/C12H17ClN2O2.ClH/c1-17-7-3-6-14-9-12(16)15-11-5-2-4-10(13)8-11;/h2,4-5,8,14H,3,6-7,9H2,1H3,(H,15,16);1H. The molecule has 0 atom stereocenters. The Morgan fingerprint density at radius 2 is 2.22 bits per heavy atom. The Labute approximate surface area is 118 Å². The molecule has 0 bridgehead atoms. The van der Waals surface area contributed by atoms with Gasteiger partial charge in [-0.3, -0.25) is 4.79 Å². The number of nitrogens with one attached hydrogen (secondary N) is 2. The van der Waals surface area contributed by atoms with Crippen molar-refractivity contribution in [2.45, 2.75) is 6.42 Å². The molecule has 6 heteroatoms. The molecule has 4 nitrogen and oxygen atoms in total. The number of anilines is 1. The van der Waals surface area contributed by atoms with Gasteiger partial charge in [0.2, 0.25) is 5.91 Å². The van der Waals surface area contributed by atoms with Gasteiger partial charge in [-0.1, -0.05) is 17.7 Å². The maximum absolute atomic E-state index is 11.5. The lowest BCUT2D eigenvalue weighted by atomic mass is 10.3. The van der Waals surface area contributed by atoms with Crippen LogP contribution in [0, 0.1) is 0 Å². The van der Waals surface area contributed by atoms with Gasteiger partial charge in [-0.15, -0.1) is 12.4 Å². The van der Waals surface area contributed by atoms with Gasteiger partial charge in [-0.05, 0) is 31.2 Å². The van der Waals surface area contributed by atoms with Crippen molar-refractivity contribution in [2.24, 2.45) is 0 Å². The second kappa shape index (κ2) is 10.1. The Balaban J connectivity index is 0.00000289. The molecule has 1 aromatic carbocycles. The van der Waals surface area contributed by atoms with Crippen LogP contribution in [0.15, 0.2) is 24.3 Å². The van der Waals surface area contributed by atoms with E-state index in [1.165, 1.54) is 0 Å². The average Bonchev–Trinajstić information content (AvgIpc) is 2.29. The van der Waals surface area contributed by atoms with Gasteiger partial charge in [-0.2, -0.15) is 0 Å². The third-order valence-electron chi connectivity index (χ3n) is 2.10. The van der Waals surface area contributed by atoms with E-state index >= 15 is 0 Å². The average molecular weight is 293 g/mol. The number of rotatable bonds is 7. The van der Waals surface area contributed by atoms with Crippen molar-refractivity contribution in [1.82, 2.24) is 5.32 Å². The van der Waals surface area contributed by atoms with Crippen LogP contribution in [-0.4, -0.2) is 32.7 Å². The molecule has 102 valence electrons. The van der Waals surface area contributed by atoms with E-state index in [0.29, 0.717) is 17.3 Å². The molecule has 1 rings (SSSR count). The monoisotopic (exact) mass is 292 g/mol. The van der Waals surface area contributed by atoms with Crippen molar-refractivity contribution in [2.75, 3.05) is 32.1 Å². The summed E-state index contributed by atoms with van der Waals surface area (Å²) in [5.74, 6) is -0.0790. The van der Waals surface area contributed by atoms with Crippen molar-refractivity contribution >= 4 is 35.6 Å². The van der Waals surface area contributed by atoms with E-state index in [9.17, 15) is 4.79 Å². The maximum atomic E-state index is 11.5. The van der Waals surface area contributed by atoms with E-state index < -0.39 is 0 Å². The SMILES string of the molecule is COCCCNCC(=O)Nc1cccc(Cl)c1.Cl. The summed E-state index contributed by atoms with van der Waals surface area (Å²) in [4.78, 5) is 11.5. The third kappa shape index (κ3) is 7.50. The number of carbonyl (C=O) groups excluding carboxylic acids is 1. The number of hydrogen-bond acceptors (Lipinski definition) is 3. The number of hydrogen-bond donors (Lipinski definition) is 2. The molecule has 0 unspecified atom stereocenters. The first-order chi connectivity index (χ1) is 8.22. The van der Waals surface area contributed by atoms with Gasteiger partial charge in [0, 0.05) is 24.4 Å². The van der Waals surface area contributed by atoms with Crippen LogP contribution in [0.3, 0.4) is 0 Å². The molecular formula is C12H18Cl2N2O2. The van der Waals surface area contributed by atoms with E-state index in [2.05, 4.69) is 10.6 Å². The van der Waals surface area contributed by atoms with Gasteiger partial charge < -0.3 is 15.4 Å². The second-order valence-corrected chi connectivity index (χ2v) is 4.02. The highest BCUT2D eigenvalue weighted by Gasteiger charge is 2.01. The van der Waals surface area contributed by atoms with Gasteiger partial charge in [-0.25, -0.2) is 0 Å². The Hall–Kier alpha value is -0.810. The Morgan fingerprint density at radius 3 is 2.89 bits per heavy atom. The van der Waals surface area contributed by atoms with Crippen LogP contribution >= 0.6 is 24.0 Å². The van der Waals surface area contributed by atoms with E-state index in [1.54, 1.807) is 31.4 Å². The van der Waals surface area contributed by atoms with Crippen LogP contribution in [0.5, 0.6) is 0 Å². The molecule has 1 aromatic rings. The molecule has 0 saturated heterocycles. The molecule has 1 amide bonds. The van der Waals surface area contributed by atoms with Crippen molar-refractivity contribution in [1.29, 1.82) is 0 Å². The second-order valence-electron chi connectivity index (χ2n) is 3.58. The molecule has 0 aliphatic carbocycles. The summed E-state index contributed by atoms with van der Waals surface area (Å²) in [5.41, 5.74) is 0.709. The Kier molecular flexibility index (Phi) is 9.69. The molecule has 0 aliphatic heterocycles. The first-order valence-corrected chi connectivity index (χ1v) is 5.85. The first kappa shape index (κ1) is 17.2. The van der Waals surface area contributed by atoms with Gasteiger partial charge >= 0.3 is 0 Å². The van der Waals surface area contributed by atoms with Crippen LogP contribution in [0.25, 0.3) is 0 Å². The number of carbonyl (C=O) groups is 1. The molecule has 0 radical (unpaired) electrons. The summed E-state index contributed by atoms with van der Waals surface area (Å²) in [5, 5.41) is 6.39. The highest BCUT2D eigenvalue weighted by atomic mass is 35.5. The predicted molar refractivity (Wildman–Crippen MR) is 76.7 cm³/mol. The van der Waals surface area contributed by atoms with Crippen molar-refractivity contribution in [3.05, 3.63) is 29.3 Å². The normalized spacial score (nSPS) is 9.67. The molecular weight excluding hydrogens is 275 g/mol. The number of halogens is 2. The predicted octanol–water partition coefficient (Wildman–Crippen LogP) is 2.33. The Bertz CT molecular complexity index is 362. The van der Waals surface area contributed by atoms with Gasteiger partial charge in [0.1, 0.15) is 0 Å². The zero-order valence-corrected chi connectivity index (χ0v) is 11.8. The smallest absolute Gasteiger partial charge is 0.238 e. The lowest BCUT2D eigenvalue weighted by Gasteiger charge is -2.06. The fraction of sp³-hybridized carbons (Fsp3) is 0.417. The fourth-order valence-corrected chi connectivity index (χ4v) is 1.51. The highest BCUT2D eigenvalue weighted by molar-refractivity contribution is 6.30. The van der Waals surface area contributed by atoms with Crippen LogP contribution < -0.4 is 10.6 Å². The molecule has 0 saturated carbocycles. The zero-order chi connectivity index (χ0) is 12.5. The summed E-state index contributed by atoms with van der Waals surface area (Å²) < 4.78 is 4.90. The minimum atomic E-state index is -0.0790. The van der Waals surface area contributed by atoms with Crippen LogP contribution in [0.1, 0.15) is 6.42 Å². The lowest BCUT2D eigenvalue weighted by molar-refractivity contribution is -0.115. The first-order valence-electron chi connectivity index (χ1n) is 5.47. The molecule has 18 heavy (non-hydrogen) atoms. The molecule has 0 aliphatic rings. The minimum Gasteiger partial charge on any atom is -0.385 e. The Morgan fingerprint density at radius 1 is 1.44 bits per heavy atom. The van der Waals surface area contributed by atoms with E-state index in [1.807, 2.05) is 0 Å². The largest absolute Gasteiger partial charge is 0.385 e. The van der Waals surface area contributed by atoms with E-state index in [-0.39, 0.29) is 24.9 Å². The summed E-state index contributed by atoms with van der Waals surface area (Å²) in [6.45, 7) is 1.75. The van der Waals surface area contributed by atoms with Gasteiger partial charge in [0.25, 0.3) is 0 Å². The fourth-order valence-electron chi connectivity index (χ4n) is 1.31. The third-order valence-corrected chi connectivity index (χ3v) is 2.33. The van der Waals surface area contributed by atoms with Crippen LogP contribution in [0.2, 0.25) is 5.02 Å². The number of amides is 1. The van der Waals surface area contributed by atoms with E-state index in [0.717, 1.165) is 13.0 Å². The zero-order valence-electron chi connectivity index (χ0n) is 10.2. The summed E-state index contributed by atoms with van der Waals surface area (Å²) in [7, 11) is 1.66. The summed E-state index contributed by atoms with van der Waals surface area (Å²) in [6, 6.07) is 7.07. The van der Waals surface area contributed by atoms with Gasteiger partial charge in [0.05, 0.1) is 6.54 Å².